The van der Waals surface area contributed by atoms with Crippen LogP contribution in [-0.2, 0) is 0 Å². The highest BCUT2D eigenvalue weighted by molar-refractivity contribution is 6.33. The van der Waals surface area contributed by atoms with Crippen LogP contribution in [0, 0.1) is 0 Å². The third-order valence-electron chi connectivity index (χ3n) is 4.36. The van der Waals surface area contributed by atoms with Gasteiger partial charge in [-0.3, -0.25) is 0 Å². The zero-order chi connectivity index (χ0) is 19.5. The van der Waals surface area contributed by atoms with Gasteiger partial charge in [0.05, 0.1) is 30.4 Å². The van der Waals surface area contributed by atoms with Crippen LogP contribution in [0.1, 0.15) is 0 Å². The molecule has 0 saturated heterocycles. The number of aromatic nitrogens is 2. The van der Waals surface area contributed by atoms with E-state index in [0.717, 1.165) is 22.2 Å². The molecular formula is C22H18ClN3O2. The average molecular weight is 392 g/mol. The van der Waals surface area contributed by atoms with E-state index >= 15 is 0 Å². The Bertz CT molecular complexity index is 1130. The molecule has 0 aliphatic rings. The fourth-order valence-electron chi connectivity index (χ4n) is 2.90. The minimum absolute atomic E-state index is 0.566. The van der Waals surface area contributed by atoms with Gasteiger partial charge in [0.25, 0.3) is 0 Å². The molecule has 6 heteroatoms. The number of nitrogens with zero attached hydrogens (tertiary/aromatic N) is 2. The van der Waals surface area contributed by atoms with Gasteiger partial charge >= 0.3 is 0 Å². The molecule has 1 aromatic heterocycles. The summed E-state index contributed by atoms with van der Waals surface area (Å²) in [6, 6.07) is 21.0. The standard InChI is InChI=1S/C22H18ClN3O2/c1-27-15-9-11-19-17(12-15)22(25-20-13-16(28-2)8-10-18(20)23)26-21(24-19)14-6-4-3-5-7-14/h3-13H,1-2H3,(H,24,25,26). The molecule has 3 aromatic carbocycles. The van der Waals surface area contributed by atoms with Crippen LogP contribution in [-0.4, -0.2) is 24.2 Å². The summed E-state index contributed by atoms with van der Waals surface area (Å²) in [6.07, 6.45) is 0. The van der Waals surface area contributed by atoms with Crippen molar-refractivity contribution in [3.05, 3.63) is 71.8 Å². The van der Waals surface area contributed by atoms with Crippen molar-refractivity contribution in [3.8, 4) is 22.9 Å². The Morgan fingerprint density at radius 2 is 1.54 bits per heavy atom. The maximum Gasteiger partial charge on any atom is 0.162 e. The topological polar surface area (TPSA) is 56.3 Å². The van der Waals surface area contributed by atoms with Crippen molar-refractivity contribution < 1.29 is 9.47 Å². The molecular weight excluding hydrogens is 374 g/mol. The first-order valence-corrected chi connectivity index (χ1v) is 9.07. The van der Waals surface area contributed by atoms with Crippen LogP contribution >= 0.6 is 11.6 Å². The molecule has 140 valence electrons. The van der Waals surface area contributed by atoms with Crippen molar-refractivity contribution in [2.75, 3.05) is 19.5 Å². The summed E-state index contributed by atoms with van der Waals surface area (Å²) in [5.74, 6) is 2.69. The molecule has 1 heterocycles. The van der Waals surface area contributed by atoms with Crippen LogP contribution in [0.15, 0.2) is 66.7 Å². The van der Waals surface area contributed by atoms with Crippen molar-refractivity contribution in [2.45, 2.75) is 0 Å². The van der Waals surface area contributed by atoms with E-state index in [1.54, 1.807) is 20.3 Å². The Morgan fingerprint density at radius 3 is 2.29 bits per heavy atom. The lowest BCUT2D eigenvalue weighted by atomic mass is 10.1. The zero-order valence-corrected chi connectivity index (χ0v) is 16.2. The van der Waals surface area contributed by atoms with Crippen molar-refractivity contribution in [1.29, 1.82) is 0 Å². The molecule has 0 saturated carbocycles. The number of ether oxygens (including phenoxy) is 2. The summed E-state index contributed by atoms with van der Waals surface area (Å²) in [7, 11) is 3.25. The Balaban J connectivity index is 1.89. The lowest BCUT2D eigenvalue weighted by Crippen LogP contribution is -2.00. The SMILES string of the molecule is COc1ccc(Cl)c(Nc2nc(-c3ccccc3)nc3ccc(OC)cc23)c1. The van der Waals surface area contributed by atoms with Gasteiger partial charge in [-0.15, -0.1) is 0 Å². The van der Waals surface area contributed by atoms with E-state index in [0.29, 0.717) is 28.1 Å². The van der Waals surface area contributed by atoms with Crippen LogP contribution in [0.2, 0.25) is 5.02 Å². The maximum absolute atomic E-state index is 6.38. The number of hydrogen-bond donors (Lipinski definition) is 1. The second kappa shape index (κ2) is 7.74. The smallest absolute Gasteiger partial charge is 0.162 e. The van der Waals surface area contributed by atoms with Gasteiger partial charge in [0.15, 0.2) is 5.82 Å². The third-order valence-corrected chi connectivity index (χ3v) is 4.69. The van der Waals surface area contributed by atoms with Crippen LogP contribution in [0.3, 0.4) is 0 Å². The third kappa shape index (κ3) is 3.57. The number of hydrogen-bond acceptors (Lipinski definition) is 5. The fraction of sp³-hybridized carbons (Fsp3) is 0.0909. The monoisotopic (exact) mass is 391 g/mol. The second-order valence-electron chi connectivity index (χ2n) is 6.12. The highest BCUT2D eigenvalue weighted by Crippen LogP contribution is 2.33. The predicted octanol–water partition coefficient (Wildman–Crippen LogP) is 5.71. The lowest BCUT2D eigenvalue weighted by molar-refractivity contribution is 0.415. The van der Waals surface area contributed by atoms with Crippen LogP contribution in [0.25, 0.3) is 22.3 Å². The number of anilines is 2. The maximum atomic E-state index is 6.38. The minimum Gasteiger partial charge on any atom is -0.497 e. The van der Waals surface area contributed by atoms with Crippen LogP contribution in [0.5, 0.6) is 11.5 Å². The molecule has 28 heavy (non-hydrogen) atoms. The van der Waals surface area contributed by atoms with Gasteiger partial charge < -0.3 is 14.8 Å². The molecule has 0 unspecified atom stereocenters. The van der Waals surface area contributed by atoms with Gasteiger partial charge in [-0.2, -0.15) is 0 Å². The number of rotatable bonds is 5. The summed E-state index contributed by atoms with van der Waals surface area (Å²) in [4.78, 5) is 9.48. The summed E-state index contributed by atoms with van der Waals surface area (Å²) in [5, 5.41) is 4.73. The number of nitrogens with one attached hydrogen (secondary N) is 1. The van der Waals surface area contributed by atoms with Crippen molar-refractivity contribution >= 4 is 34.0 Å². The first-order valence-electron chi connectivity index (χ1n) is 8.69. The average Bonchev–Trinajstić information content (AvgIpc) is 2.75. The van der Waals surface area contributed by atoms with E-state index in [2.05, 4.69) is 5.32 Å². The van der Waals surface area contributed by atoms with E-state index in [1.807, 2.05) is 60.7 Å². The van der Waals surface area contributed by atoms with E-state index in [1.165, 1.54) is 0 Å². The molecule has 4 rings (SSSR count). The molecule has 5 nitrogen and oxygen atoms in total. The Kier molecular flexibility index (Phi) is 5.00. The van der Waals surface area contributed by atoms with Crippen molar-refractivity contribution in [2.24, 2.45) is 0 Å². The predicted molar refractivity (Wildman–Crippen MR) is 113 cm³/mol. The van der Waals surface area contributed by atoms with E-state index < -0.39 is 0 Å². The normalized spacial score (nSPS) is 10.7. The Morgan fingerprint density at radius 1 is 0.821 bits per heavy atom. The Labute approximate surface area is 167 Å². The molecule has 0 radical (unpaired) electrons. The van der Waals surface area contributed by atoms with Gasteiger partial charge in [-0.25, -0.2) is 9.97 Å². The largest absolute Gasteiger partial charge is 0.497 e. The highest BCUT2D eigenvalue weighted by atomic mass is 35.5. The first kappa shape index (κ1) is 18.1. The summed E-state index contributed by atoms with van der Waals surface area (Å²) in [5.41, 5.74) is 2.43. The number of benzene rings is 3. The second-order valence-corrected chi connectivity index (χ2v) is 6.52. The molecule has 0 atom stereocenters. The fourth-order valence-corrected chi connectivity index (χ4v) is 3.07. The summed E-state index contributed by atoms with van der Waals surface area (Å²) < 4.78 is 10.7. The van der Waals surface area contributed by atoms with E-state index in [4.69, 9.17) is 31.0 Å². The van der Waals surface area contributed by atoms with Crippen LogP contribution in [0.4, 0.5) is 11.5 Å². The summed E-state index contributed by atoms with van der Waals surface area (Å²) in [6.45, 7) is 0. The van der Waals surface area contributed by atoms with Crippen molar-refractivity contribution in [1.82, 2.24) is 9.97 Å². The molecule has 0 fully saturated rings. The number of fused-ring (bicyclic) bond motifs is 1. The molecule has 0 aliphatic heterocycles. The highest BCUT2D eigenvalue weighted by Gasteiger charge is 2.13. The van der Waals surface area contributed by atoms with Gasteiger partial charge in [0, 0.05) is 17.0 Å². The van der Waals surface area contributed by atoms with Crippen molar-refractivity contribution in [3.63, 3.8) is 0 Å². The first-order chi connectivity index (χ1) is 13.7. The molecule has 0 amide bonds. The van der Waals surface area contributed by atoms with Gasteiger partial charge in [0.2, 0.25) is 0 Å². The number of methoxy groups -OCH3 is 2. The minimum atomic E-state index is 0.566. The summed E-state index contributed by atoms with van der Waals surface area (Å²) >= 11 is 6.38. The lowest BCUT2D eigenvalue weighted by Gasteiger charge is -2.14. The van der Waals surface area contributed by atoms with E-state index in [-0.39, 0.29) is 0 Å². The molecule has 0 aliphatic carbocycles. The zero-order valence-electron chi connectivity index (χ0n) is 15.4. The van der Waals surface area contributed by atoms with Gasteiger partial charge in [-0.1, -0.05) is 41.9 Å². The van der Waals surface area contributed by atoms with E-state index in [9.17, 15) is 0 Å². The number of halogens is 1. The quantitative estimate of drug-likeness (QED) is 0.472. The van der Waals surface area contributed by atoms with Crippen LogP contribution < -0.4 is 14.8 Å². The molecule has 0 bridgehead atoms. The van der Waals surface area contributed by atoms with Gasteiger partial charge in [-0.05, 0) is 30.3 Å². The molecule has 0 spiro atoms. The van der Waals surface area contributed by atoms with Gasteiger partial charge in [0.1, 0.15) is 17.3 Å². The Hall–Kier alpha value is -3.31. The molecule has 1 N–H and O–H groups in total. The molecule has 4 aromatic rings.